The number of guanidine groups is 1. The summed E-state index contributed by atoms with van der Waals surface area (Å²) in [7, 11) is 0. The Balaban J connectivity index is 0.00000261. The smallest absolute Gasteiger partial charge is 0.406 e. The van der Waals surface area contributed by atoms with Crippen molar-refractivity contribution < 1.29 is 26.7 Å². The van der Waals surface area contributed by atoms with Crippen molar-refractivity contribution in [2.75, 3.05) is 5.32 Å². The molecule has 0 amide bonds. The first-order valence-corrected chi connectivity index (χ1v) is 7.63. The zero-order valence-electron chi connectivity index (χ0n) is 13.6. The Bertz CT molecular complexity index is 806. The second-order valence-corrected chi connectivity index (χ2v) is 5.76. The maximum absolute atomic E-state index is 13.7. The summed E-state index contributed by atoms with van der Waals surface area (Å²) in [5.41, 5.74) is 6.13. The summed E-state index contributed by atoms with van der Waals surface area (Å²) >= 11 is 0. The van der Waals surface area contributed by atoms with Gasteiger partial charge in [0.15, 0.2) is 5.96 Å². The lowest BCUT2D eigenvalue weighted by atomic mass is 10.1. The van der Waals surface area contributed by atoms with Gasteiger partial charge >= 0.3 is 6.36 Å². The highest BCUT2D eigenvalue weighted by atomic mass is 127. The predicted octanol–water partition coefficient (Wildman–Crippen LogP) is 4.76. The molecule has 2 unspecified atom stereocenters. The van der Waals surface area contributed by atoms with Gasteiger partial charge in [0.1, 0.15) is 17.4 Å². The number of hydrogen-bond acceptors (Lipinski definition) is 2. The third kappa shape index (κ3) is 5.68. The molecule has 1 fully saturated rings. The van der Waals surface area contributed by atoms with E-state index in [9.17, 15) is 22.0 Å². The highest BCUT2D eigenvalue weighted by molar-refractivity contribution is 14.0. The minimum Gasteiger partial charge on any atom is -0.406 e. The quantitative estimate of drug-likeness (QED) is 0.276. The summed E-state index contributed by atoms with van der Waals surface area (Å²) in [5, 5.41) is 2.71. The Morgan fingerprint density at radius 2 is 1.67 bits per heavy atom. The van der Waals surface area contributed by atoms with Crippen LogP contribution in [0.5, 0.6) is 5.75 Å². The van der Waals surface area contributed by atoms with Gasteiger partial charge in [-0.1, -0.05) is 6.07 Å². The fourth-order valence-electron chi connectivity index (χ4n) is 2.60. The van der Waals surface area contributed by atoms with Crippen LogP contribution in [-0.4, -0.2) is 18.4 Å². The van der Waals surface area contributed by atoms with E-state index in [0.29, 0.717) is 12.1 Å². The molecule has 0 spiro atoms. The van der Waals surface area contributed by atoms with Crippen LogP contribution in [0, 0.1) is 11.6 Å². The van der Waals surface area contributed by atoms with Crippen LogP contribution >= 0.6 is 24.0 Å². The van der Waals surface area contributed by atoms with Gasteiger partial charge in [0.2, 0.25) is 0 Å². The molecule has 2 aromatic rings. The van der Waals surface area contributed by atoms with Crippen molar-refractivity contribution in [3.05, 3.63) is 59.7 Å². The molecular formula is C17H15F5IN3O. The Kier molecular flexibility index (Phi) is 6.50. The number of benzene rings is 2. The van der Waals surface area contributed by atoms with Crippen molar-refractivity contribution in [2.45, 2.75) is 24.7 Å². The van der Waals surface area contributed by atoms with Crippen LogP contribution in [0.1, 0.15) is 17.9 Å². The van der Waals surface area contributed by atoms with E-state index in [1.165, 1.54) is 30.3 Å². The van der Waals surface area contributed by atoms with E-state index in [1.807, 2.05) is 0 Å². The number of rotatable bonds is 4. The monoisotopic (exact) mass is 499 g/mol. The third-order valence-electron chi connectivity index (χ3n) is 3.79. The normalized spacial score (nSPS) is 19.2. The van der Waals surface area contributed by atoms with Gasteiger partial charge in [0, 0.05) is 17.2 Å². The van der Waals surface area contributed by atoms with Gasteiger partial charge < -0.3 is 15.8 Å². The number of nitrogens with one attached hydrogen (secondary N) is 1. The van der Waals surface area contributed by atoms with Gasteiger partial charge in [-0.2, -0.15) is 0 Å². The van der Waals surface area contributed by atoms with Crippen LogP contribution in [-0.2, 0) is 0 Å². The minimum atomic E-state index is -4.77. The van der Waals surface area contributed by atoms with E-state index < -0.39 is 18.0 Å². The summed E-state index contributed by atoms with van der Waals surface area (Å²) in [5.74, 6) is -2.01. The van der Waals surface area contributed by atoms with Crippen molar-refractivity contribution in [3.63, 3.8) is 0 Å². The molecule has 0 bridgehead atoms. The lowest BCUT2D eigenvalue weighted by Crippen LogP contribution is -2.23. The van der Waals surface area contributed by atoms with Gasteiger partial charge in [0.05, 0.1) is 6.04 Å². The molecule has 2 atom stereocenters. The summed E-state index contributed by atoms with van der Waals surface area (Å²) in [6, 6.07) is 8.22. The highest BCUT2D eigenvalue weighted by Gasteiger charge is 2.42. The van der Waals surface area contributed by atoms with E-state index in [2.05, 4.69) is 15.0 Å². The number of ether oxygens (including phenoxy) is 1. The molecule has 146 valence electrons. The standard InChI is InChI=1S/C17H14F5N3O.HI/c18-12-2-1-3-13(19)15(12)11-8-14(11)25-16(23)24-9-4-6-10(7-5-9)26-17(20,21)22;/h1-7,11,14H,8H2,(H3,23,24,25);1H. The summed E-state index contributed by atoms with van der Waals surface area (Å²) in [4.78, 5) is 4.14. The number of nitrogens with two attached hydrogens (primary N) is 1. The first-order chi connectivity index (χ1) is 12.2. The highest BCUT2D eigenvalue weighted by Crippen LogP contribution is 2.45. The predicted molar refractivity (Wildman–Crippen MR) is 101 cm³/mol. The largest absolute Gasteiger partial charge is 0.573 e. The maximum atomic E-state index is 13.7. The third-order valence-corrected chi connectivity index (χ3v) is 3.79. The van der Waals surface area contributed by atoms with E-state index in [-0.39, 0.29) is 53.2 Å². The summed E-state index contributed by atoms with van der Waals surface area (Å²) in [6.07, 6.45) is -4.31. The van der Waals surface area contributed by atoms with Gasteiger partial charge in [-0.25, -0.2) is 13.8 Å². The molecule has 10 heteroatoms. The van der Waals surface area contributed by atoms with Crippen molar-refractivity contribution >= 4 is 35.6 Å². The Morgan fingerprint density at radius 1 is 1.07 bits per heavy atom. The van der Waals surface area contributed by atoms with Crippen LogP contribution in [0.4, 0.5) is 27.6 Å². The first kappa shape index (κ1) is 21.2. The average molecular weight is 499 g/mol. The number of nitrogens with zero attached hydrogens (tertiary/aromatic N) is 1. The lowest BCUT2D eigenvalue weighted by molar-refractivity contribution is -0.274. The molecule has 27 heavy (non-hydrogen) atoms. The lowest BCUT2D eigenvalue weighted by Gasteiger charge is -2.10. The van der Waals surface area contributed by atoms with Crippen LogP contribution < -0.4 is 15.8 Å². The van der Waals surface area contributed by atoms with Crippen LogP contribution in [0.2, 0.25) is 0 Å². The summed E-state index contributed by atoms with van der Waals surface area (Å²) < 4.78 is 67.5. The SMILES string of the molecule is I.NC(=NC1CC1c1c(F)cccc1F)Nc1ccc(OC(F)(F)F)cc1. The Labute approximate surface area is 168 Å². The second kappa shape index (κ2) is 8.28. The number of aliphatic imine (C=N–C) groups is 1. The van der Waals surface area contributed by atoms with Gasteiger partial charge in [0.25, 0.3) is 0 Å². The number of hydrogen-bond donors (Lipinski definition) is 2. The first-order valence-electron chi connectivity index (χ1n) is 7.63. The van der Waals surface area contributed by atoms with E-state index in [4.69, 9.17) is 5.73 Å². The van der Waals surface area contributed by atoms with E-state index in [0.717, 1.165) is 12.1 Å². The zero-order valence-corrected chi connectivity index (χ0v) is 16.0. The summed E-state index contributed by atoms with van der Waals surface area (Å²) in [6.45, 7) is 0. The molecule has 1 saturated carbocycles. The fraction of sp³-hybridized carbons (Fsp3) is 0.235. The van der Waals surface area contributed by atoms with Crippen LogP contribution in [0.3, 0.4) is 0 Å². The van der Waals surface area contributed by atoms with Gasteiger partial charge in [-0.3, -0.25) is 0 Å². The van der Waals surface area contributed by atoms with Crippen molar-refractivity contribution in [2.24, 2.45) is 10.7 Å². The number of halogens is 6. The zero-order chi connectivity index (χ0) is 18.9. The molecule has 3 N–H and O–H groups in total. The van der Waals surface area contributed by atoms with Crippen molar-refractivity contribution in [3.8, 4) is 5.75 Å². The van der Waals surface area contributed by atoms with E-state index >= 15 is 0 Å². The molecule has 0 saturated heterocycles. The molecule has 3 rings (SSSR count). The second-order valence-electron chi connectivity index (χ2n) is 5.76. The van der Waals surface area contributed by atoms with E-state index in [1.54, 1.807) is 0 Å². The van der Waals surface area contributed by atoms with Crippen molar-refractivity contribution in [1.29, 1.82) is 0 Å². The van der Waals surface area contributed by atoms with Crippen LogP contribution in [0.15, 0.2) is 47.5 Å². The Hall–Kier alpha value is -2.11. The topological polar surface area (TPSA) is 59.6 Å². The maximum Gasteiger partial charge on any atom is 0.573 e. The van der Waals surface area contributed by atoms with Gasteiger partial charge in [-0.05, 0) is 42.8 Å². The van der Waals surface area contributed by atoms with Crippen LogP contribution in [0.25, 0.3) is 0 Å². The number of anilines is 1. The molecule has 0 heterocycles. The fourth-order valence-corrected chi connectivity index (χ4v) is 2.60. The minimum absolute atomic E-state index is 0. The molecule has 1 aliphatic carbocycles. The molecular weight excluding hydrogens is 484 g/mol. The average Bonchev–Trinajstić information content (AvgIpc) is 3.26. The molecule has 2 aromatic carbocycles. The van der Waals surface area contributed by atoms with Gasteiger partial charge in [-0.15, -0.1) is 37.1 Å². The molecule has 4 nitrogen and oxygen atoms in total. The molecule has 0 aliphatic heterocycles. The molecule has 0 aromatic heterocycles. The molecule has 0 radical (unpaired) electrons. The Morgan fingerprint density at radius 3 is 2.22 bits per heavy atom. The number of alkyl halides is 3. The molecule has 1 aliphatic rings. The van der Waals surface area contributed by atoms with Crippen molar-refractivity contribution in [1.82, 2.24) is 0 Å².